The average Bonchev–Trinajstić information content (AvgIpc) is 2.46. The van der Waals surface area contributed by atoms with Gasteiger partial charge in [0.05, 0.1) is 0 Å². The van der Waals surface area contributed by atoms with Gasteiger partial charge < -0.3 is 0 Å². The first kappa shape index (κ1) is 20.0. The maximum absolute atomic E-state index is 2.35. The molecule has 0 bridgehead atoms. The highest BCUT2D eigenvalue weighted by Gasteiger charge is 2.07. The Morgan fingerprint density at radius 3 is 1.25 bits per heavy atom. The van der Waals surface area contributed by atoms with Gasteiger partial charge in [0.25, 0.3) is 0 Å². The SMILES string of the molecule is CCCCCCCCCCC(CCC)CCCCCC. The summed E-state index contributed by atoms with van der Waals surface area (Å²) < 4.78 is 0. The minimum Gasteiger partial charge on any atom is -0.0654 e. The first-order chi connectivity index (χ1) is 9.85. The molecule has 0 saturated carbocycles. The molecule has 20 heavy (non-hydrogen) atoms. The van der Waals surface area contributed by atoms with Crippen molar-refractivity contribution >= 4 is 0 Å². The summed E-state index contributed by atoms with van der Waals surface area (Å²) in [5, 5.41) is 0. The molecule has 0 fully saturated rings. The van der Waals surface area contributed by atoms with Crippen molar-refractivity contribution in [2.24, 2.45) is 5.92 Å². The van der Waals surface area contributed by atoms with Crippen molar-refractivity contribution in [3.63, 3.8) is 0 Å². The molecule has 0 aromatic carbocycles. The van der Waals surface area contributed by atoms with Crippen LogP contribution in [0.25, 0.3) is 0 Å². The summed E-state index contributed by atoms with van der Waals surface area (Å²) in [5.41, 5.74) is 0. The van der Waals surface area contributed by atoms with Gasteiger partial charge in [0.15, 0.2) is 0 Å². The molecule has 1 unspecified atom stereocenters. The van der Waals surface area contributed by atoms with Crippen molar-refractivity contribution in [2.75, 3.05) is 0 Å². The lowest BCUT2D eigenvalue weighted by molar-refractivity contribution is 0.378. The van der Waals surface area contributed by atoms with E-state index in [9.17, 15) is 0 Å². The third-order valence-electron chi connectivity index (χ3n) is 4.63. The van der Waals surface area contributed by atoms with Crippen LogP contribution in [0.5, 0.6) is 0 Å². The number of unbranched alkanes of at least 4 members (excludes halogenated alkanes) is 10. The van der Waals surface area contributed by atoms with Crippen molar-refractivity contribution in [3.05, 3.63) is 0 Å². The standard InChI is InChI=1S/C20H42/c1-4-7-9-11-12-13-14-16-19-20(17-6-3)18-15-10-8-5-2/h20H,4-19H2,1-3H3. The third kappa shape index (κ3) is 14.4. The van der Waals surface area contributed by atoms with Crippen LogP contribution >= 0.6 is 0 Å². The molecule has 0 aliphatic rings. The summed E-state index contributed by atoms with van der Waals surface area (Å²) in [6.07, 6.45) is 23.3. The zero-order valence-corrected chi connectivity index (χ0v) is 14.9. The maximum atomic E-state index is 2.35. The van der Waals surface area contributed by atoms with Gasteiger partial charge in [-0.1, -0.05) is 124 Å². The maximum Gasteiger partial charge on any atom is -0.0414 e. The van der Waals surface area contributed by atoms with Crippen molar-refractivity contribution in [1.29, 1.82) is 0 Å². The van der Waals surface area contributed by atoms with Crippen molar-refractivity contribution in [1.82, 2.24) is 0 Å². The first-order valence-electron chi connectivity index (χ1n) is 9.85. The summed E-state index contributed by atoms with van der Waals surface area (Å²) in [5.74, 6) is 1.04. The van der Waals surface area contributed by atoms with Crippen LogP contribution in [0.15, 0.2) is 0 Å². The summed E-state index contributed by atoms with van der Waals surface area (Å²) in [4.78, 5) is 0. The largest absolute Gasteiger partial charge is 0.0654 e. The van der Waals surface area contributed by atoms with E-state index in [4.69, 9.17) is 0 Å². The minimum atomic E-state index is 1.04. The second-order valence-electron chi connectivity index (χ2n) is 6.77. The van der Waals surface area contributed by atoms with Crippen LogP contribution in [0.2, 0.25) is 0 Å². The minimum absolute atomic E-state index is 1.04. The molecule has 0 heteroatoms. The molecule has 0 radical (unpaired) electrons. The zero-order valence-electron chi connectivity index (χ0n) is 14.9. The summed E-state index contributed by atoms with van der Waals surface area (Å²) in [6.45, 7) is 6.96. The molecule has 0 heterocycles. The highest BCUT2D eigenvalue weighted by Crippen LogP contribution is 2.22. The Hall–Kier alpha value is 0. The molecule has 0 aromatic heterocycles. The van der Waals surface area contributed by atoms with Crippen LogP contribution in [0.4, 0.5) is 0 Å². The van der Waals surface area contributed by atoms with E-state index in [1.807, 2.05) is 0 Å². The van der Waals surface area contributed by atoms with Gasteiger partial charge >= 0.3 is 0 Å². The van der Waals surface area contributed by atoms with E-state index in [1.54, 1.807) is 0 Å². The normalized spacial score (nSPS) is 12.8. The molecule has 0 aromatic rings. The molecule has 1 atom stereocenters. The summed E-state index contributed by atoms with van der Waals surface area (Å²) in [6, 6.07) is 0. The Morgan fingerprint density at radius 2 is 0.800 bits per heavy atom. The van der Waals surface area contributed by atoms with Gasteiger partial charge in [0.1, 0.15) is 0 Å². The highest BCUT2D eigenvalue weighted by atomic mass is 14.1. The molecule has 0 spiro atoms. The molecule has 0 N–H and O–H groups in total. The summed E-state index contributed by atoms with van der Waals surface area (Å²) in [7, 11) is 0. The molecule has 0 aliphatic carbocycles. The number of rotatable bonds is 16. The van der Waals surface area contributed by atoms with Gasteiger partial charge in [0, 0.05) is 0 Å². The van der Waals surface area contributed by atoms with Crippen LogP contribution in [0.3, 0.4) is 0 Å². The monoisotopic (exact) mass is 282 g/mol. The van der Waals surface area contributed by atoms with E-state index >= 15 is 0 Å². The Labute approximate surface area is 130 Å². The average molecular weight is 283 g/mol. The fourth-order valence-electron chi connectivity index (χ4n) is 3.27. The number of hydrogen-bond donors (Lipinski definition) is 0. The fraction of sp³-hybridized carbons (Fsp3) is 1.00. The van der Waals surface area contributed by atoms with Crippen molar-refractivity contribution in [3.8, 4) is 0 Å². The van der Waals surface area contributed by atoms with Crippen LogP contribution in [-0.2, 0) is 0 Å². The Bertz CT molecular complexity index is 161. The van der Waals surface area contributed by atoms with Crippen LogP contribution in [0.1, 0.15) is 124 Å². The van der Waals surface area contributed by atoms with Crippen LogP contribution in [0, 0.1) is 5.92 Å². The van der Waals surface area contributed by atoms with Gasteiger partial charge in [0.2, 0.25) is 0 Å². The van der Waals surface area contributed by atoms with E-state index in [-0.39, 0.29) is 0 Å². The van der Waals surface area contributed by atoms with Gasteiger partial charge in [-0.25, -0.2) is 0 Å². The predicted molar refractivity (Wildman–Crippen MR) is 94.4 cm³/mol. The Kier molecular flexibility index (Phi) is 17.1. The topological polar surface area (TPSA) is 0 Å². The predicted octanol–water partition coefficient (Wildman–Crippen LogP) is 7.90. The van der Waals surface area contributed by atoms with Crippen molar-refractivity contribution in [2.45, 2.75) is 124 Å². The fourth-order valence-corrected chi connectivity index (χ4v) is 3.27. The van der Waals surface area contributed by atoms with Crippen LogP contribution in [-0.4, -0.2) is 0 Å². The zero-order chi connectivity index (χ0) is 14.9. The lowest BCUT2D eigenvalue weighted by Crippen LogP contribution is -2.00. The first-order valence-corrected chi connectivity index (χ1v) is 9.85. The van der Waals surface area contributed by atoms with E-state index in [0.29, 0.717) is 0 Å². The smallest absolute Gasteiger partial charge is 0.0414 e. The molecule has 0 amide bonds. The quantitative estimate of drug-likeness (QED) is 0.252. The number of hydrogen-bond acceptors (Lipinski definition) is 0. The van der Waals surface area contributed by atoms with Crippen molar-refractivity contribution < 1.29 is 0 Å². The van der Waals surface area contributed by atoms with E-state index < -0.39 is 0 Å². The molecule has 0 saturated heterocycles. The molecular formula is C20H42. The second kappa shape index (κ2) is 17.1. The van der Waals surface area contributed by atoms with Gasteiger partial charge in [-0.2, -0.15) is 0 Å². The van der Waals surface area contributed by atoms with E-state index in [2.05, 4.69) is 20.8 Å². The lowest BCUT2D eigenvalue weighted by atomic mass is 9.91. The lowest BCUT2D eigenvalue weighted by Gasteiger charge is -2.15. The molecule has 0 nitrogen and oxygen atoms in total. The Morgan fingerprint density at radius 1 is 0.400 bits per heavy atom. The van der Waals surface area contributed by atoms with Gasteiger partial charge in [-0.3, -0.25) is 0 Å². The molecule has 0 rings (SSSR count). The second-order valence-corrected chi connectivity index (χ2v) is 6.77. The molecule has 122 valence electrons. The van der Waals surface area contributed by atoms with E-state index in [1.165, 1.54) is 103 Å². The van der Waals surface area contributed by atoms with Gasteiger partial charge in [-0.15, -0.1) is 0 Å². The molecular weight excluding hydrogens is 240 g/mol. The van der Waals surface area contributed by atoms with Crippen LogP contribution < -0.4 is 0 Å². The Balaban J connectivity index is 3.40. The third-order valence-corrected chi connectivity index (χ3v) is 4.63. The summed E-state index contributed by atoms with van der Waals surface area (Å²) >= 11 is 0. The highest BCUT2D eigenvalue weighted by molar-refractivity contribution is 4.60. The van der Waals surface area contributed by atoms with E-state index in [0.717, 1.165) is 5.92 Å². The molecule has 0 aliphatic heterocycles. The van der Waals surface area contributed by atoms with Gasteiger partial charge in [-0.05, 0) is 5.92 Å².